The summed E-state index contributed by atoms with van der Waals surface area (Å²) in [5.74, 6) is 0. The number of anilines is 1. The number of rotatable bonds is 2. The first-order valence-electron chi connectivity index (χ1n) is 3.85. The average Bonchev–Trinajstić information content (AvgIpc) is 2.01. The molecule has 4 nitrogen and oxygen atoms in total. The molecular formula is C8H11BrN2O2S. The van der Waals surface area contributed by atoms with Gasteiger partial charge >= 0.3 is 0 Å². The predicted molar refractivity (Wildman–Crippen MR) is 59.4 cm³/mol. The van der Waals surface area contributed by atoms with Crippen LogP contribution in [0.5, 0.6) is 0 Å². The van der Waals surface area contributed by atoms with Crippen LogP contribution in [0, 0.1) is 0 Å². The van der Waals surface area contributed by atoms with Gasteiger partial charge < -0.3 is 4.90 Å². The molecule has 0 saturated heterocycles. The van der Waals surface area contributed by atoms with E-state index in [4.69, 9.17) is 0 Å². The van der Waals surface area contributed by atoms with Crippen molar-refractivity contribution in [1.29, 1.82) is 0 Å². The highest BCUT2D eigenvalue weighted by molar-refractivity contribution is 9.10. The van der Waals surface area contributed by atoms with Crippen molar-refractivity contribution in [3.05, 3.63) is 16.7 Å². The van der Waals surface area contributed by atoms with Crippen LogP contribution in [0.1, 0.15) is 0 Å². The molecule has 0 bridgehead atoms. The Bertz CT molecular complexity index is 443. The molecule has 1 aromatic heterocycles. The predicted octanol–water partition coefficient (Wildman–Crippen LogP) is 1.31. The molecule has 0 fully saturated rings. The molecular weight excluding hydrogens is 268 g/mol. The maximum Gasteiger partial charge on any atom is 0.194 e. The molecule has 0 spiro atoms. The lowest BCUT2D eigenvalue weighted by atomic mass is 10.4. The van der Waals surface area contributed by atoms with Gasteiger partial charge in [-0.15, -0.1) is 0 Å². The van der Waals surface area contributed by atoms with E-state index >= 15 is 0 Å². The second kappa shape index (κ2) is 3.86. The normalized spacial score (nSPS) is 11.4. The van der Waals surface area contributed by atoms with Crippen molar-refractivity contribution in [2.24, 2.45) is 0 Å². The maximum absolute atomic E-state index is 11.4. The molecule has 0 unspecified atom stereocenters. The number of sulfone groups is 1. The van der Waals surface area contributed by atoms with Gasteiger partial charge in [0.1, 0.15) is 0 Å². The lowest BCUT2D eigenvalue weighted by molar-refractivity contribution is 0.598. The second-order valence-corrected chi connectivity index (χ2v) is 5.99. The highest BCUT2D eigenvalue weighted by Gasteiger charge is 2.16. The maximum atomic E-state index is 11.4. The van der Waals surface area contributed by atoms with Crippen molar-refractivity contribution >= 4 is 31.5 Å². The molecule has 0 amide bonds. The third-order valence-electron chi connectivity index (χ3n) is 1.63. The summed E-state index contributed by atoms with van der Waals surface area (Å²) in [7, 11) is 0.283. The fourth-order valence-electron chi connectivity index (χ4n) is 1.02. The minimum atomic E-state index is -3.27. The van der Waals surface area contributed by atoms with Crippen molar-refractivity contribution < 1.29 is 8.42 Å². The van der Waals surface area contributed by atoms with E-state index < -0.39 is 9.84 Å². The molecule has 0 aliphatic carbocycles. The molecule has 0 saturated carbocycles. The molecule has 14 heavy (non-hydrogen) atoms. The van der Waals surface area contributed by atoms with Crippen LogP contribution in [0.4, 0.5) is 5.69 Å². The summed E-state index contributed by atoms with van der Waals surface area (Å²) in [5.41, 5.74) is 0.585. The van der Waals surface area contributed by atoms with Gasteiger partial charge in [0, 0.05) is 31.0 Å². The molecule has 0 aromatic carbocycles. The first kappa shape index (κ1) is 11.5. The molecule has 0 aliphatic rings. The molecule has 1 heterocycles. The number of aromatic nitrogens is 1. The Morgan fingerprint density at radius 2 is 2.00 bits per heavy atom. The summed E-state index contributed by atoms with van der Waals surface area (Å²) >= 11 is 3.25. The Kier molecular flexibility index (Phi) is 3.16. The molecule has 78 valence electrons. The summed E-state index contributed by atoms with van der Waals surface area (Å²) < 4.78 is 23.5. The van der Waals surface area contributed by atoms with E-state index in [9.17, 15) is 8.42 Å². The highest BCUT2D eigenvalue weighted by atomic mass is 79.9. The number of halogens is 1. The lowest BCUT2D eigenvalue weighted by Gasteiger charge is -2.15. The minimum Gasteiger partial charge on any atom is -0.375 e. The zero-order chi connectivity index (χ0) is 10.9. The third-order valence-corrected chi connectivity index (χ3v) is 3.08. The lowest BCUT2D eigenvalue weighted by Crippen LogP contribution is -2.14. The Balaban J connectivity index is 3.45. The van der Waals surface area contributed by atoms with Crippen LogP contribution >= 0.6 is 15.9 Å². The highest BCUT2D eigenvalue weighted by Crippen LogP contribution is 2.24. The van der Waals surface area contributed by atoms with Crippen LogP contribution in [0.15, 0.2) is 21.8 Å². The van der Waals surface area contributed by atoms with Crippen molar-refractivity contribution in [2.75, 3.05) is 25.3 Å². The standard InChI is InChI=1S/C8H11BrN2O2S/c1-11(2)7-4-6(9)5-10-8(7)14(3,12)13/h4-5H,1-3H3. The molecule has 0 N–H and O–H groups in total. The summed E-state index contributed by atoms with van der Waals surface area (Å²) in [6, 6.07) is 1.73. The van der Waals surface area contributed by atoms with Gasteiger partial charge in [-0.1, -0.05) is 0 Å². The zero-order valence-electron chi connectivity index (χ0n) is 8.15. The third kappa shape index (κ3) is 2.45. The molecule has 1 rings (SSSR count). The summed E-state index contributed by atoms with van der Waals surface area (Å²) in [6.07, 6.45) is 2.62. The van der Waals surface area contributed by atoms with Gasteiger partial charge in [-0.05, 0) is 22.0 Å². The number of nitrogens with zero attached hydrogens (tertiary/aromatic N) is 2. The largest absolute Gasteiger partial charge is 0.375 e. The van der Waals surface area contributed by atoms with Gasteiger partial charge in [0.05, 0.1) is 5.69 Å². The second-order valence-electron chi connectivity index (χ2n) is 3.14. The van der Waals surface area contributed by atoms with E-state index in [0.717, 1.165) is 10.7 Å². The zero-order valence-corrected chi connectivity index (χ0v) is 10.6. The topological polar surface area (TPSA) is 50.3 Å². The minimum absolute atomic E-state index is 0.103. The Hall–Kier alpha value is -0.620. The van der Waals surface area contributed by atoms with Gasteiger partial charge in [-0.3, -0.25) is 0 Å². The molecule has 6 heteroatoms. The van der Waals surface area contributed by atoms with Crippen LogP contribution in [-0.2, 0) is 9.84 Å². The molecule has 0 atom stereocenters. The van der Waals surface area contributed by atoms with Gasteiger partial charge in [-0.2, -0.15) is 0 Å². The van der Waals surface area contributed by atoms with E-state index in [2.05, 4.69) is 20.9 Å². The van der Waals surface area contributed by atoms with E-state index in [1.807, 2.05) is 0 Å². The molecule has 0 radical (unpaired) electrons. The average molecular weight is 279 g/mol. The molecule has 1 aromatic rings. The SMILES string of the molecule is CN(C)c1cc(Br)cnc1S(C)(=O)=O. The van der Waals surface area contributed by atoms with Gasteiger partial charge in [0.25, 0.3) is 0 Å². The monoisotopic (exact) mass is 278 g/mol. The molecule has 0 aliphatic heterocycles. The van der Waals surface area contributed by atoms with Gasteiger partial charge in [0.15, 0.2) is 14.9 Å². The van der Waals surface area contributed by atoms with Crippen LogP contribution < -0.4 is 4.90 Å². The summed E-state index contributed by atoms with van der Waals surface area (Å²) in [4.78, 5) is 5.61. The van der Waals surface area contributed by atoms with E-state index in [-0.39, 0.29) is 5.03 Å². The van der Waals surface area contributed by atoms with Crippen LogP contribution in [0.3, 0.4) is 0 Å². The van der Waals surface area contributed by atoms with Gasteiger partial charge in [-0.25, -0.2) is 13.4 Å². The van der Waals surface area contributed by atoms with E-state index in [1.165, 1.54) is 6.20 Å². The van der Waals surface area contributed by atoms with Crippen molar-refractivity contribution in [2.45, 2.75) is 5.03 Å². The van der Waals surface area contributed by atoms with Crippen LogP contribution in [0.2, 0.25) is 0 Å². The first-order valence-corrected chi connectivity index (χ1v) is 6.53. The Morgan fingerprint density at radius 1 is 1.43 bits per heavy atom. The smallest absolute Gasteiger partial charge is 0.194 e. The van der Waals surface area contributed by atoms with Crippen molar-refractivity contribution in [3.63, 3.8) is 0 Å². The fourth-order valence-corrected chi connectivity index (χ4v) is 2.21. The Labute approximate surface area is 92.0 Å². The van der Waals surface area contributed by atoms with Crippen molar-refractivity contribution in [3.8, 4) is 0 Å². The van der Waals surface area contributed by atoms with E-state index in [1.54, 1.807) is 25.1 Å². The van der Waals surface area contributed by atoms with Crippen LogP contribution in [0.25, 0.3) is 0 Å². The fraction of sp³-hybridized carbons (Fsp3) is 0.375. The van der Waals surface area contributed by atoms with E-state index in [0.29, 0.717) is 5.69 Å². The summed E-state index contributed by atoms with van der Waals surface area (Å²) in [5, 5.41) is 0.103. The number of hydrogen-bond donors (Lipinski definition) is 0. The van der Waals surface area contributed by atoms with Gasteiger partial charge in [0.2, 0.25) is 0 Å². The number of hydrogen-bond acceptors (Lipinski definition) is 4. The van der Waals surface area contributed by atoms with Crippen molar-refractivity contribution in [1.82, 2.24) is 4.98 Å². The summed E-state index contributed by atoms with van der Waals surface area (Å²) in [6.45, 7) is 0. The quantitative estimate of drug-likeness (QED) is 0.819. The first-order chi connectivity index (χ1) is 6.32. The van der Waals surface area contributed by atoms with Crippen LogP contribution in [-0.4, -0.2) is 33.8 Å². The number of pyridine rings is 1. The Morgan fingerprint density at radius 3 is 2.43 bits per heavy atom.